The van der Waals surface area contributed by atoms with Crippen LogP contribution < -0.4 is 5.73 Å². The van der Waals surface area contributed by atoms with Gasteiger partial charge in [0.1, 0.15) is 0 Å². The average molecular weight is 283 g/mol. The predicted octanol–water partition coefficient (Wildman–Crippen LogP) is 2.16. The summed E-state index contributed by atoms with van der Waals surface area (Å²) >= 11 is 0. The van der Waals surface area contributed by atoms with Crippen LogP contribution in [0, 0.1) is 12.3 Å². The number of nitrogens with zero attached hydrogens (tertiary/aromatic N) is 1. The van der Waals surface area contributed by atoms with Crippen molar-refractivity contribution in [3.8, 4) is 0 Å². The number of aryl methyl sites for hydroxylation is 1. The molecule has 0 radical (unpaired) electrons. The van der Waals surface area contributed by atoms with Gasteiger partial charge in [-0.15, -0.1) is 12.4 Å². The van der Waals surface area contributed by atoms with Gasteiger partial charge in [-0.2, -0.15) is 0 Å². The molecule has 0 spiro atoms. The Bertz CT molecular complexity index is 432. The van der Waals surface area contributed by atoms with Crippen LogP contribution >= 0.6 is 12.4 Å². The molecular formula is C15H23ClN2O. The molecule has 1 unspecified atom stereocenters. The highest BCUT2D eigenvalue weighted by atomic mass is 35.5. The molecule has 3 nitrogen and oxygen atoms in total. The topological polar surface area (TPSA) is 46.3 Å². The van der Waals surface area contributed by atoms with Crippen molar-refractivity contribution in [3.05, 3.63) is 35.4 Å². The fourth-order valence-corrected chi connectivity index (χ4v) is 2.40. The summed E-state index contributed by atoms with van der Waals surface area (Å²) in [5, 5.41) is 0. The Morgan fingerprint density at radius 2 is 2.00 bits per heavy atom. The van der Waals surface area contributed by atoms with E-state index in [4.69, 9.17) is 5.73 Å². The summed E-state index contributed by atoms with van der Waals surface area (Å²) in [6.45, 7) is 6.51. The van der Waals surface area contributed by atoms with Crippen molar-refractivity contribution in [3.63, 3.8) is 0 Å². The molecule has 2 rings (SSSR count). The first-order valence-corrected chi connectivity index (χ1v) is 6.56. The molecule has 1 heterocycles. The molecule has 2 N–H and O–H groups in total. The van der Waals surface area contributed by atoms with Crippen molar-refractivity contribution in [1.82, 2.24) is 4.90 Å². The quantitative estimate of drug-likeness (QED) is 0.923. The van der Waals surface area contributed by atoms with Gasteiger partial charge >= 0.3 is 0 Å². The molecule has 0 aromatic heterocycles. The molecule has 1 amide bonds. The number of halogens is 1. The zero-order valence-corrected chi connectivity index (χ0v) is 12.5. The third kappa shape index (κ3) is 3.95. The number of rotatable bonds is 3. The van der Waals surface area contributed by atoms with E-state index in [9.17, 15) is 4.79 Å². The molecule has 1 saturated heterocycles. The van der Waals surface area contributed by atoms with Crippen LogP contribution in [0.2, 0.25) is 0 Å². The van der Waals surface area contributed by atoms with E-state index < -0.39 is 0 Å². The van der Waals surface area contributed by atoms with Gasteiger partial charge in [-0.05, 0) is 30.9 Å². The third-order valence-corrected chi connectivity index (χ3v) is 3.88. The second-order valence-corrected chi connectivity index (χ2v) is 5.74. The molecule has 1 aliphatic heterocycles. The first-order valence-electron chi connectivity index (χ1n) is 6.56. The van der Waals surface area contributed by atoms with Gasteiger partial charge in [-0.3, -0.25) is 4.79 Å². The number of likely N-dealkylation sites (tertiary alicyclic amines) is 1. The molecule has 0 aliphatic carbocycles. The van der Waals surface area contributed by atoms with Crippen LogP contribution in [-0.2, 0) is 11.2 Å². The maximum atomic E-state index is 12.2. The fourth-order valence-electron chi connectivity index (χ4n) is 2.40. The molecule has 1 aromatic rings. The number of nitrogens with two attached hydrogens (primary N) is 1. The van der Waals surface area contributed by atoms with Crippen molar-refractivity contribution >= 4 is 18.3 Å². The Morgan fingerprint density at radius 1 is 1.37 bits per heavy atom. The minimum atomic E-state index is 0. The van der Waals surface area contributed by atoms with E-state index in [1.54, 1.807) is 0 Å². The first kappa shape index (κ1) is 16.0. The second-order valence-electron chi connectivity index (χ2n) is 5.74. The van der Waals surface area contributed by atoms with E-state index in [-0.39, 0.29) is 23.7 Å². The molecule has 4 heteroatoms. The zero-order chi connectivity index (χ0) is 13.2. The summed E-state index contributed by atoms with van der Waals surface area (Å²) in [5.74, 6) is 0.219. The smallest absolute Gasteiger partial charge is 0.227 e. The summed E-state index contributed by atoms with van der Waals surface area (Å²) in [4.78, 5) is 14.1. The molecule has 0 saturated carbocycles. The second kappa shape index (κ2) is 6.40. The van der Waals surface area contributed by atoms with Crippen molar-refractivity contribution < 1.29 is 4.79 Å². The van der Waals surface area contributed by atoms with Crippen LogP contribution in [0.4, 0.5) is 0 Å². The fraction of sp³-hybridized carbons (Fsp3) is 0.533. The van der Waals surface area contributed by atoms with E-state index in [0.29, 0.717) is 13.0 Å². The Kier molecular flexibility index (Phi) is 5.39. The highest BCUT2D eigenvalue weighted by molar-refractivity contribution is 5.85. The lowest BCUT2D eigenvalue weighted by molar-refractivity contribution is -0.129. The van der Waals surface area contributed by atoms with Crippen LogP contribution in [0.1, 0.15) is 24.5 Å². The Hall–Kier alpha value is -1.06. The van der Waals surface area contributed by atoms with Crippen molar-refractivity contribution in [2.45, 2.75) is 26.7 Å². The van der Waals surface area contributed by atoms with Crippen LogP contribution in [-0.4, -0.2) is 30.4 Å². The molecule has 106 valence electrons. The van der Waals surface area contributed by atoms with Crippen LogP contribution in [0.5, 0.6) is 0 Å². The maximum absolute atomic E-state index is 12.2. The summed E-state index contributed by atoms with van der Waals surface area (Å²) in [7, 11) is 0. The number of carbonyl (C=O) groups is 1. The lowest BCUT2D eigenvalue weighted by atomic mass is 9.90. The minimum absolute atomic E-state index is 0. The zero-order valence-electron chi connectivity index (χ0n) is 11.7. The summed E-state index contributed by atoms with van der Waals surface area (Å²) in [5.41, 5.74) is 8.19. The van der Waals surface area contributed by atoms with Gasteiger partial charge < -0.3 is 10.6 Å². The van der Waals surface area contributed by atoms with Crippen LogP contribution in [0.3, 0.4) is 0 Å². The Labute approximate surface area is 121 Å². The van der Waals surface area contributed by atoms with E-state index in [1.165, 1.54) is 5.56 Å². The van der Waals surface area contributed by atoms with Crippen LogP contribution in [0.15, 0.2) is 24.3 Å². The third-order valence-electron chi connectivity index (χ3n) is 3.88. The minimum Gasteiger partial charge on any atom is -0.342 e. The van der Waals surface area contributed by atoms with Crippen LogP contribution in [0.25, 0.3) is 0 Å². The Balaban J connectivity index is 0.00000180. The van der Waals surface area contributed by atoms with Gasteiger partial charge in [0, 0.05) is 13.1 Å². The maximum Gasteiger partial charge on any atom is 0.227 e. The summed E-state index contributed by atoms with van der Waals surface area (Å²) < 4.78 is 0. The van der Waals surface area contributed by atoms with Gasteiger partial charge in [0.15, 0.2) is 0 Å². The van der Waals surface area contributed by atoms with Gasteiger partial charge in [-0.25, -0.2) is 0 Å². The van der Waals surface area contributed by atoms with Crippen molar-refractivity contribution in [2.75, 3.05) is 19.6 Å². The SMILES string of the molecule is Cc1ccc(CC(=O)N2CCC(C)(CN)C2)cc1.Cl. The van der Waals surface area contributed by atoms with E-state index in [1.807, 2.05) is 17.0 Å². The number of carbonyl (C=O) groups excluding carboxylic acids is 1. The molecule has 1 aromatic carbocycles. The predicted molar refractivity (Wildman–Crippen MR) is 80.5 cm³/mol. The largest absolute Gasteiger partial charge is 0.342 e. The standard InChI is InChI=1S/C15H22N2O.ClH/c1-12-3-5-13(6-4-12)9-14(18)17-8-7-15(2,10-16)11-17;/h3-6H,7-11,16H2,1-2H3;1H. The van der Waals surface area contributed by atoms with E-state index in [2.05, 4.69) is 26.0 Å². The van der Waals surface area contributed by atoms with Gasteiger partial charge in [0.2, 0.25) is 5.91 Å². The number of benzene rings is 1. The Morgan fingerprint density at radius 3 is 2.53 bits per heavy atom. The average Bonchev–Trinajstić information content (AvgIpc) is 2.76. The van der Waals surface area contributed by atoms with E-state index >= 15 is 0 Å². The van der Waals surface area contributed by atoms with Gasteiger partial charge in [0.05, 0.1) is 6.42 Å². The molecule has 1 aliphatic rings. The normalized spacial score (nSPS) is 22.2. The molecular weight excluding hydrogens is 260 g/mol. The summed E-state index contributed by atoms with van der Waals surface area (Å²) in [6, 6.07) is 8.17. The molecule has 1 fully saturated rings. The lowest BCUT2D eigenvalue weighted by Gasteiger charge is -2.22. The van der Waals surface area contributed by atoms with Crippen molar-refractivity contribution in [2.24, 2.45) is 11.1 Å². The highest BCUT2D eigenvalue weighted by Gasteiger charge is 2.34. The number of hydrogen-bond donors (Lipinski definition) is 1. The lowest BCUT2D eigenvalue weighted by Crippen LogP contribution is -2.35. The molecule has 1 atom stereocenters. The van der Waals surface area contributed by atoms with Gasteiger partial charge in [0.25, 0.3) is 0 Å². The van der Waals surface area contributed by atoms with Gasteiger partial charge in [-0.1, -0.05) is 36.8 Å². The monoisotopic (exact) mass is 282 g/mol. The van der Waals surface area contributed by atoms with E-state index in [0.717, 1.165) is 25.1 Å². The first-order chi connectivity index (χ1) is 8.52. The number of hydrogen-bond acceptors (Lipinski definition) is 2. The highest BCUT2D eigenvalue weighted by Crippen LogP contribution is 2.28. The van der Waals surface area contributed by atoms with Crippen molar-refractivity contribution in [1.29, 1.82) is 0 Å². The number of amides is 1. The molecule has 19 heavy (non-hydrogen) atoms. The molecule has 0 bridgehead atoms. The summed E-state index contributed by atoms with van der Waals surface area (Å²) in [6.07, 6.45) is 1.52.